The Morgan fingerprint density at radius 2 is 1.85 bits per heavy atom. The van der Waals surface area contributed by atoms with E-state index < -0.39 is 0 Å². The number of hydrogen-bond acceptors (Lipinski definition) is 4. The standard InChI is InChI=1S/C9H13NO2S/c1-11-7-4-3-6(9(10)13)5-8(7)12-2/h3-5,9,13H,10H2,1-2H3. The van der Waals surface area contributed by atoms with E-state index in [2.05, 4.69) is 12.6 Å². The van der Waals surface area contributed by atoms with E-state index in [0.29, 0.717) is 11.5 Å². The lowest BCUT2D eigenvalue weighted by molar-refractivity contribution is 0.354. The van der Waals surface area contributed by atoms with Gasteiger partial charge in [0.05, 0.1) is 19.6 Å². The molecule has 0 saturated heterocycles. The maximum absolute atomic E-state index is 5.60. The fourth-order valence-corrected chi connectivity index (χ4v) is 1.20. The first-order valence-corrected chi connectivity index (χ1v) is 4.36. The second-order valence-electron chi connectivity index (χ2n) is 2.56. The molecule has 0 aliphatic heterocycles. The van der Waals surface area contributed by atoms with E-state index >= 15 is 0 Å². The predicted molar refractivity (Wildman–Crippen MR) is 55.5 cm³/mol. The molecule has 4 heteroatoms. The molecule has 1 atom stereocenters. The van der Waals surface area contributed by atoms with Crippen LogP contribution in [0.5, 0.6) is 11.5 Å². The van der Waals surface area contributed by atoms with Gasteiger partial charge in [-0.25, -0.2) is 0 Å². The number of rotatable bonds is 3. The molecule has 0 radical (unpaired) electrons. The van der Waals surface area contributed by atoms with Gasteiger partial charge in [0.15, 0.2) is 11.5 Å². The third-order valence-corrected chi connectivity index (χ3v) is 2.05. The molecule has 0 saturated carbocycles. The Morgan fingerprint density at radius 1 is 1.23 bits per heavy atom. The van der Waals surface area contributed by atoms with E-state index in [1.54, 1.807) is 14.2 Å². The minimum absolute atomic E-state index is 0.292. The van der Waals surface area contributed by atoms with E-state index in [1.165, 1.54) is 0 Å². The van der Waals surface area contributed by atoms with E-state index in [-0.39, 0.29) is 5.37 Å². The van der Waals surface area contributed by atoms with E-state index in [9.17, 15) is 0 Å². The average molecular weight is 199 g/mol. The second kappa shape index (κ2) is 4.39. The van der Waals surface area contributed by atoms with Crippen molar-refractivity contribution in [3.63, 3.8) is 0 Å². The van der Waals surface area contributed by atoms with E-state index in [0.717, 1.165) is 5.56 Å². The smallest absolute Gasteiger partial charge is 0.161 e. The molecular formula is C9H13NO2S. The monoisotopic (exact) mass is 199 g/mol. The Labute approximate surface area is 83.2 Å². The molecule has 1 rings (SSSR count). The van der Waals surface area contributed by atoms with Gasteiger partial charge in [0.25, 0.3) is 0 Å². The highest BCUT2D eigenvalue weighted by Crippen LogP contribution is 2.29. The van der Waals surface area contributed by atoms with Crippen molar-refractivity contribution >= 4 is 12.6 Å². The van der Waals surface area contributed by atoms with Crippen LogP contribution in [0.3, 0.4) is 0 Å². The summed E-state index contributed by atoms with van der Waals surface area (Å²) in [7, 11) is 3.18. The number of methoxy groups -OCH3 is 2. The highest BCUT2D eigenvalue weighted by Gasteiger charge is 2.06. The molecule has 0 aromatic heterocycles. The fraction of sp³-hybridized carbons (Fsp3) is 0.333. The van der Waals surface area contributed by atoms with Crippen LogP contribution in [0, 0.1) is 0 Å². The number of nitrogens with two attached hydrogens (primary N) is 1. The van der Waals surface area contributed by atoms with Crippen molar-refractivity contribution in [1.29, 1.82) is 0 Å². The van der Waals surface area contributed by atoms with Gasteiger partial charge in [-0.2, -0.15) is 12.6 Å². The molecule has 0 spiro atoms. The summed E-state index contributed by atoms with van der Waals surface area (Å²) >= 11 is 4.12. The Bertz CT molecular complexity index is 289. The van der Waals surface area contributed by atoms with Crippen LogP contribution in [0.1, 0.15) is 10.9 Å². The molecule has 72 valence electrons. The topological polar surface area (TPSA) is 44.5 Å². The third kappa shape index (κ3) is 2.29. The van der Waals surface area contributed by atoms with Gasteiger partial charge < -0.3 is 15.2 Å². The molecule has 1 aromatic carbocycles. The van der Waals surface area contributed by atoms with E-state index in [1.807, 2.05) is 18.2 Å². The zero-order chi connectivity index (χ0) is 9.84. The molecule has 1 unspecified atom stereocenters. The van der Waals surface area contributed by atoms with Gasteiger partial charge in [0, 0.05) is 0 Å². The second-order valence-corrected chi connectivity index (χ2v) is 3.12. The molecule has 2 N–H and O–H groups in total. The highest BCUT2D eigenvalue weighted by molar-refractivity contribution is 7.80. The average Bonchev–Trinajstić information content (AvgIpc) is 2.16. The normalized spacial score (nSPS) is 12.3. The number of hydrogen-bond donors (Lipinski definition) is 2. The van der Waals surface area contributed by atoms with Gasteiger partial charge in [-0.3, -0.25) is 0 Å². The fourth-order valence-electron chi connectivity index (χ4n) is 1.04. The summed E-state index contributed by atoms with van der Waals surface area (Å²) in [4.78, 5) is 0. The van der Waals surface area contributed by atoms with Crippen molar-refractivity contribution < 1.29 is 9.47 Å². The quantitative estimate of drug-likeness (QED) is 0.574. The molecular weight excluding hydrogens is 186 g/mol. The van der Waals surface area contributed by atoms with Crippen molar-refractivity contribution in [2.45, 2.75) is 5.37 Å². The van der Waals surface area contributed by atoms with Crippen LogP contribution >= 0.6 is 12.6 Å². The molecule has 0 aliphatic rings. The summed E-state index contributed by atoms with van der Waals surface area (Å²) in [6, 6.07) is 5.49. The van der Waals surface area contributed by atoms with Crippen LogP contribution in [0.25, 0.3) is 0 Å². The molecule has 0 bridgehead atoms. The van der Waals surface area contributed by atoms with E-state index in [4.69, 9.17) is 15.2 Å². The van der Waals surface area contributed by atoms with Crippen molar-refractivity contribution in [1.82, 2.24) is 0 Å². The lowest BCUT2D eigenvalue weighted by Crippen LogP contribution is -2.02. The van der Waals surface area contributed by atoms with Gasteiger partial charge in [-0.05, 0) is 17.7 Å². The third-order valence-electron chi connectivity index (χ3n) is 1.75. The van der Waals surface area contributed by atoms with Crippen LogP contribution in [-0.2, 0) is 0 Å². The minimum atomic E-state index is -0.292. The Morgan fingerprint density at radius 3 is 2.31 bits per heavy atom. The number of thiol groups is 1. The first-order chi connectivity index (χ1) is 6.19. The summed E-state index contributed by atoms with van der Waals surface area (Å²) in [5.74, 6) is 1.37. The van der Waals surface area contributed by atoms with Gasteiger partial charge in [0.2, 0.25) is 0 Å². The Hall–Kier alpha value is -0.870. The molecule has 0 amide bonds. The summed E-state index contributed by atoms with van der Waals surface area (Å²) in [6.45, 7) is 0. The summed E-state index contributed by atoms with van der Waals surface area (Å²) < 4.78 is 10.2. The maximum Gasteiger partial charge on any atom is 0.161 e. The molecule has 3 nitrogen and oxygen atoms in total. The van der Waals surface area contributed by atoms with Crippen LogP contribution in [-0.4, -0.2) is 14.2 Å². The first-order valence-electron chi connectivity index (χ1n) is 3.84. The lowest BCUT2D eigenvalue weighted by atomic mass is 10.2. The number of benzene rings is 1. The molecule has 0 heterocycles. The summed E-state index contributed by atoms with van der Waals surface area (Å²) in [5.41, 5.74) is 6.50. The lowest BCUT2D eigenvalue weighted by Gasteiger charge is -2.10. The van der Waals surface area contributed by atoms with Crippen molar-refractivity contribution in [3.8, 4) is 11.5 Å². The van der Waals surface area contributed by atoms with Gasteiger partial charge in [0.1, 0.15) is 0 Å². The SMILES string of the molecule is COc1ccc(C(N)S)cc1OC. The van der Waals surface area contributed by atoms with Crippen LogP contribution in [0.4, 0.5) is 0 Å². The van der Waals surface area contributed by atoms with Crippen LogP contribution in [0.15, 0.2) is 18.2 Å². The molecule has 13 heavy (non-hydrogen) atoms. The van der Waals surface area contributed by atoms with Crippen LogP contribution < -0.4 is 15.2 Å². The minimum Gasteiger partial charge on any atom is -0.493 e. The zero-order valence-electron chi connectivity index (χ0n) is 7.65. The van der Waals surface area contributed by atoms with Crippen molar-refractivity contribution in [3.05, 3.63) is 23.8 Å². The molecule has 0 aliphatic carbocycles. The van der Waals surface area contributed by atoms with Gasteiger partial charge in [-0.1, -0.05) is 6.07 Å². The zero-order valence-corrected chi connectivity index (χ0v) is 8.54. The summed E-state index contributed by atoms with van der Waals surface area (Å²) in [5, 5.41) is -0.292. The van der Waals surface area contributed by atoms with Gasteiger partial charge >= 0.3 is 0 Å². The Kier molecular flexibility index (Phi) is 3.45. The van der Waals surface area contributed by atoms with Crippen LogP contribution in [0.2, 0.25) is 0 Å². The number of ether oxygens (including phenoxy) is 2. The van der Waals surface area contributed by atoms with Crippen molar-refractivity contribution in [2.24, 2.45) is 5.73 Å². The van der Waals surface area contributed by atoms with Gasteiger partial charge in [-0.15, -0.1) is 0 Å². The maximum atomic E-state index is 5.60. The highest BCUT2D eigenvalue weighted by atomic mass is 32.1. The largest absolute Gasteiger partial charge is 0.493 e. The predicted octanol–water partition coefficient (Wildman–Crippen LogP) is 1.59. The van der Waals surface area contributed by atoms with Crippen molar-refractivity contribution in [2.75, 3.05) is 14.2 Å². The Balaban J connectivity index is 3.05. The molecule has 1 aromatic rings. The first kappa shape index (κ1) is 10.2. The molecule has 0 fully saturated rings. The summed E-state index contributed by atoms with van der Waals surface area (Å²) in [6.07, 6.45) is 0.